The highest BCUT2D eigenvalue weighted by Gasteiger charge is 2.19. The van der Waals surface area contributed by atoms with Gasteiger partial charge in [0.05, 0.1) is 12.2 Å². The van der Waals surface area contributed by atoms with Gasteiger partial charge in [-0.05, 0) is 38.0 Å². The van der Waals surface area contributed by atoms with Crippen LogP contribution in [0.5, 0.6) is 5.75 Å². The molecule has 0 spiro atoms. The molecule has 0 aromatic heterocycles. The summed E-state index contributed by atoms with van der Waals surface area (Å²) in [5.74, 6) is 0.462. The van der Waals surface area contributed by atoms with Crippen molar-refractivity contribution >= 4 is 17.4 Å². The van der Waals surface area contributed by atoms with Gasteiger partial charge in [-0.15, -0.1) is 0 Å². The van der Waals surface area contributed by atoms with Crippen molar-refractivity contribution in [2.24, 2.45) is 0 Å². The van der Waals surface area contributed by atoms with Crippen LogP contribution in [-0.4, -0.2) is 26.1 Å². The molecule has 0 atom stereocenters. The van der Waals surface area contributed by atoms with Crippen LogP contribution in [0.1, 0.15) is 28.4 Å². The number of ketones is 1. The van der Waals surface area contributed by atoms with Gasteiger partial charge in [-0.2, -0.15) is 0 Å². The van der Waals surface area contributed by atoms with Crippen molar-refractivity contribution < 1.29 is 14.3 Å². The minimum Gasteiger partial charge on any atom is -0.493 e. The van der Waals surface area contributed by atoms with Gasteiger partial charge in [0.15, 0.2) is 5.78 Å². The molecule has 0 amide bonds. The van der Waals surface area contributed by atoms with Gasteiger partial charge in [-0.1, -0.05) is 11.6 Å². The first-order valence-electron chi connectivity index (χ1n) is 5.47. The highest BCUT2D eigenvalue weighted by molar-refractivity contribution is 6.32. The number of carbonyl (C=O) groups is 1. The van der Waals surface area contributed by atoms with Gasteiger partial charge in [0.1, 0.15) is 12.4 Å². The number of benzene rings is 1. The number of aryl methyl sites for hydroxylation is 1. The van der Waals surface area contributed by atoms with E-state index in [-0.39, 0.29) is 12.4 Å². The summed E-state index contributed by atoms with van der Waals surface area (Å²) in [7, 11) is 1.49. The molecule has 0 aliphatic carbocycles. The zero-order valence-corrected chi connectivity index (χ0v) is 11.4. The van der Waals surface area contributed by atoms with Crippen LogP contribution < -0.4 is 4.74 Å². The molecular formula is C13H17ClO3. The molecule has 4 heteroatoms. The first kappa shape index (κ1) is 14.0. The minimum atomic E-state index is -0.115. The monoisotopic (exact) mass is 256 g/mol. The van der Waals surface area contributed by atoms with E-state index in [1.807, 2.05) is 20.8 Å². The molecule has 0 radical (unpaired) electrons. The minimum absolute atomic E-state index is 0.0281. The summed E-state index contributed by atoms with van der Waals surface area (Å²) < 4.78 is 10.4. The Hall–Kier alpha value is -1.06. The summed E-state index contributed by atoms with van der Waals surface area (Å²) in [6.45, 7) is 6.13. The maximum absolute atomic E-state index is 12.0. The number of hydrogen-bond acceptors (Lipinski definition) is 3. The van der Waals surface area contributed by atoms with Gasteiger partial charge in [-0.3, -0.25) is 4.79 Å². The van der Waals surface area contributed by atoms with E-state index >= 15 is 0 Å². The molecule has 3 nitrogen and oxygen atoms in total. The summed E-state index contributed by atoms with van der Waals surface area (Å²) in [4.78, 5) is 12.0. The van der Waals surface area contributed by atoms with Crippen molar-refractivity contribution in [1.82, 2.24) is 0 Å². The predicted octanol–water partition coefficient (Wildman–Crippen LogP) is 3.18. The Morgan fingerprint density at radius 2 is 2.06 bits per heavy atom. The lowest BCUT2D eigenvalue weighted by atomic mass is 10.0. The van der Waals surface area contributed by atoms with Gasteiger partial charge >= 0.3 is 0 Å². The summed E-state index contributed by atoms with van der Waals surface area (Å²) in [5.41, 5.74) is 2.17. The summed E-state index contributed by atoms with van der Waals surface area (Å²) >= 11 is 6.15. The Morgan fingerprint density at radius 1 is 1.41 bits per heavy atom. The van der Waals surface area contributed by atoms with Crippen molar-refractivity contribution in [3.8, 4) is 5.75 Å². The Balaban J connectivity index is 3.33. The van der Waals surface area contributed by atoms with Crippen LogP contribution >= 0.6 is 11.6 Å². The molecule has 1 rings (SSSR count). The topological polar surface area (TPSA) is 35.5 Å². The van der Waals surface area contributed by atoms with Gasteiger partial charge in [0.2, 0.25) is 0 Å². The average Bonchev–Trinajstić information content (AvgIpc) is 2.27. The molecule has 0 fully saturated rings. The maximum atomic E-state index is 12.0. The van der Waals surface area contributed by atoms with E-state index in [1.54, 1.807) is 6.07 Å². The molecule has 0 saturated carbocycles. The van der Waals surface area contributed by atoms with E-state index in [0.29, 0.717) is 22.9 Å². The largest absolute Gasteiger partial charge is 0.493 e. The molecule has 94 valence electrons. The third-order valence-corrected chi connectivity index (χ3v) is 3.08. The van der Waals surface area contributed by atoms with E-state index in [1.165, 1.54) is 7.11 Å². The predicted molar refractivity (Wildman–Crippen MR) is 68.3 cm³/mol. The van der Waals surface area contributed by atoms with E-state index in [9.17, 15) is 4.79 Å². The maximum Gasteiger partial charge on any atom is 0.192 e. The van der Waals surface area contributed by atoms with Crippen molar-refractivity contribution in [2.75, 3.05) is 20.3 Å². The van der Waals surface area contributed by atoms with Gasteiger partial charge in [-0.25, -0.2) is 0 Å². The van der Waals surface area contributed by atoms with Crippen molar-refractivity contribution in [3.63, 3.8) is 0 Å². The Morgan fingerprint density at radius 3 is 2.59 bits per heavy atom. The van der Waals surface area contributed by atoms with Crippen LogP contribution in [0, 0.1) is 13.8 Å². The quantitative estimate of drug-likeness (QED) is 0.759. The van der Waals surface area contributed by atoms with Gasteiger partial charge < -0.3 is 9.47 Å². The Kier molecular flexibility index (Phi) is 4.97. The smallest absolute Gasteiger partial charge is 0.192 e. The fraction of sp³-hybridized carbons (Fsp3) is 0.462. The standard InChI is InChI=1S/C13H17ClO3/c1-5-17-11-6-8(2)13(14)9(3)12(11)10(15)7-16-4/h6H,5,7H2,1-4H3. The molecule has 0 N–H and O–H groups in total. The molecule has 0 saturated heterocycles. The van der Waals surface area contributed by atoms with E-state index in [4.69, 9.17) is 21.1 Å². The molecule has 1 aromatic rings. The number of halogens is 1. The number of ether oxygens (including phenoxy) is 2. The Bertz CT molecular complexity index is 427. The lowest BCUT2D eigenvalue weighted by Crippen LogP contribution is -2.12. The average molecular weight is 257 g/mol. The highest BCUT2D eigenvalue weighted by Crippen LogP contribution is 2.32. The second kappa shape index (κ2) is 6.03. The van der Waals surface area contributed by atoms with Gasteiger partial charge in [0.25, 0.3) is 0 Å². The first-order valence-corrected chi connectivity index (χ1v) is 5.85. The molecule has 0 aliphatic rings. The molecule has 0 aliphatic heterocycles. The molecule has 1 aromatic carbocycles. The van der Waals surface area contributed by atoms with Gasteiger partial charge in [0, 0.05) is 12.1 Å². The zero-order valence-electron chi connectivity index (χ0n) is 10.6. The third kappa shape index (κ3) is 2.99. The van der Waals surface area contributed by atoms with E-state index < -0.39 is 0 Å². The normalized spacial score (nSPS) is 10.4. The summed E-state index contributed by atoms with van der Waals surface area (Å²) in [6, 6.07) is 1.79. The second-order valence-electron chi connectivity index (χ2n) is 3.79. The van der Waals surface area contributed by atoms with Crippen LogP contribution in [0.3, 0.4) is 0 Å². The fourth-order valence-corrected chi connectivity index (χ4v) is 1.89. The van der Waals surface area contributed by atoms with E-state index in [0.717, 1.165) is 11.1 Å². The SMILES string of the molecule is CCOc1cc(C)c(Cl)c(C)c1C(=O)COC. The number of Topliss-reactive ketones (excluding diaryl/α,β-unsaturated/α-hetero) is 1. The number of methoxy groups -OCH3 is 1. The number of carbonyl (C=O) groups excluding carboxylic acids is 1. The van der Waals surface area contributed by atoms with E-state index in [2.05, 4.69) is 0 Å². The summed E-state index contributed by atoms with van der Waals surface area (Å²) in [5, 5.41) is 0.605. The van der Waals surface area contributed by atoms with Crippen LogP contribution in [0.15, 0.2) is 6.07 Å². The number of rotatable bonds is 5. The summed E-state index contributed by atoms with van der Waals surface area (Å²) in [6.07, 6.45) is 0. The van der Waals surface area contributed by atoms with Crippen LogP contribution in [0.25, 0.3) is 0 Å². The lowest BCUT2D eigenvalue weighted by molar-refractivity contribution is 0.0843. The lowest BCUT2D eigenvalue weighted by Gasteiger charge is -2.15. The molecule has 0 heterocycles. The van der Waals surface area contributed by atoms with Crippen LogP contribution in [0.4, 0.5) is 0 Å². The Labute approximate surface area is 107 Å². The highest BCUT2D eigenvalue weighted by atomic mass is 35.5. The van der Waals surface area contributed by atoms with Crippen LogP contribution in [0.2, 0.25) is 5.02 Å². The molecular weight excluding hydrogens is 240 g/mol. The van der Waals surface area contributed by atoms with Crippen molar-refractivity contribution in [1.29, 1.82) is 0 Å². The number of hydrogen-bond donors (Lipinski definition) is 0. The third-order valence-electron chi connectivity index (χ3n) is 2.50. The van der Waals surface area contributed by atoms with Crippen molar-refractivity contribution in [2.45, 2.75) is 20.8 Å². The molecule has 17 heavy (non-hydrogen) atoms. The van der Waals surface area contributed by atoms with Crippen LogP contribution in [-0.2, 0) is 4.74 Å². The fourth-order valence-electron chi connectivity index (χ4n) is 1.74. The molecule has 0 unspecified atom stereocenters. The zero-order chi connectivity index (χ0) is 13.0. The second-order valence-corrected chi connectivity index (χ2v) is 4.17. The molecule has 0 bridgehead atoms. The first-order chi connectivity index (χ1) is 8.02. The van der Waals surface area contributed by atoms with Crippen molar-refractivity contribution in [3.05, 3.63) is 27.8 Å².